The molecule has 0 aromatic heterocycles. The molecule has 0 saturated carbocycles. The number of benzene rings is 2. The van der Waals surface area contributed by atoms with Crippen molar-refractivity contribution in [1.82, 2.24) is 0 Å². The van der Waals surface area contributed by atoms with Gasteiger partial charge in [-0.3, -0.25) is 0 Å². The molecule has 0 atom stereocenters. The van der Waals surface area contributed by atoms with Crippen molar-refractivity contribution in [3.8, 4) is 0 Å². The zero-order chi connectivity index (χ0) is 21.9. The Morgan fingerprint density at radius 3 is 0.679 bits per heavy atom. The molecule has 0 fully saturated rings. The zero-order valence-electron chi connectivity index (χ0n) is 12.3. The molecule has 28 heavy (non-hydrogen) atoms. The highest BCUT2D eigenvalue weighted by molar-refractivity contribution is 5.43. The predicted molar refractivity (Wildman–Crippen MR) is 60.4 cm³/mol. The van der Waals surface area contributed by atoms with Crippen LogP contribution >= 0.6 is 0 Å². The summed E-state index contributed by atoms with van der Waals surface area (Å²) < 4.78 is 188. The summed E-state index contributed by atoms with van der Waals surface area (Å²) in [6.45, 7) is 0. The van der Waals surface area contributed by atoms with Crippen LogP contribution in [0.25, 0.3) is 0 Å². The molecule has 0 aliphatic heterocycles. The van der Waals surface area contributed by atoms with Crippen molar-refractivity contribution in [1.29, 1.82) is 0 Å². The van der Waals surface area contributed by atoms with Crippen molar-refractivity contribution < 1.29 is 61.5 Å². The van der Waals surface area contributed by atoms with Crippen LogP contribution in [0.3, 0.4) is 0 Å². The van der Waals surface area contributed by atoms with Crippen LogP contribution in [0.2, 0.25) is 0 Å². The third kappa shape index (κ3) is 2.68. The minimum atomic E-state index is -6.95. The van der Waals surface area contributed by atoms with Crippen molar-refractivity contribution >= 4 is 0 Å². The van der Waals surface area contributed by atoms with Gasteiger partial charge in [0.25, 0.3) is 5.67 Å². The van der Waals surface area contributed by atoms with E-state index >= 15 is 0 Å². The Labute approximate surface area is 144 Å². The molecular formula is C14F14. The lowest BCUT2D eigenvalue weighted by molar-refractivity contribution is -0.223. The molecule has 0 nitrogen and oxygen atoms in total. The lowest BCUT2D eigenvalue weighted by atomic mass is 9.85. The van der Waals surface area contributed by atoms with Gasteiger partial charge in [-0.2, -0.15) is 13.2 Å². The van der Waals surface area contributed by atoms with E-state index in [-0.39, 0.29) is 0 Å². The quantitative estimate of drug-likeness (QED) is 0.316. The molecule has 2 aromatic carbocycles. The number of rotatable bonds is 2. The molecule has 0 saturated heterocycles. The number of hydrogen-bond donors (Lipinski definition) is 0. The van der Waals surface area contributed by atoms with Crippen LogP contribution in [-0.4, -0.2) is 6.18 Å². The van der Waals surface area contributed by atoms with Crippen LogP contribution in [0.5, 0.6) is 0 Å². The highest BCUT2D eigenvalue weighted by atomic mass is 19.4. The molecule has 0 unspecified atom stereocenters. The smallest absolute Gasteiger partial charge is 0.223 e. The van der Waals surface area contributed by atoms with Crippen LogP contribution < -0.4 is 0 Å². The SMILES string of the molecule is Fc1c(F)c(F)c(C(F)(c2c(F)c(F)c(F)c(F)c2F)C(F)(F)F)c(F)c1F. The Kier molecular flexibility index (Phi) is 5.06. The molecule has 0 heterocycles. The summed E-state index contributed by atoms with van der Waals surface area (Å²) in [5.74, 6) is -33.0. The summed E-state index contributed by atoms with van der Waals surface area (Å²) in [6, 6.07) is 0. The Balaban J connectivity index is 3.17. The van der Waals surface area contributed by atoms with Gasteiger partial charge in [-0.25, -0.2) is 48.3 Å². The molecular weight excluding hydrogens is 434 g/mol. The highest BCUT2D eigenvalue weighted by Crippen LogP contribution is 2.52. The summed E-state index contributed by atoms with van der Waals surface area (Å²) in [5, 5.41) is 0. The molecule has 0 aliphatic carbocycles. The van der Waals surface area contributed by atoms with Gasteiger partial charge in [0.05, 0.1) is 11.1 Å². The van der Waals surface area contributed by atoms with Gasteiger partial charge in [-0.1, -0.05) is 0 Å². The van der Waals surface area contributed by atoms with E-state index in [1.54, 1.807) is 0 Å². The van der Waals surface area contributed by atoms with Crippen molar-refractivity contribution in [2.75, 3.05) is 0 Å². The van der Waals surface area contributed by atoms with Gasteiger partial charge in [0.15, 0.2) is 46.5 Å². The van der Waals surface area contributed by atoms with Crippen LogP contribution in [0, 0.1) is 58.2 Å². The summed E-state index contributed by atoms with van der Waals surface area (Å²) in [6.07, 6.45) is -6.95. The second kappa shape index (κ2) is 6.51. The van der Waals surface area contributed by atoms with Crippen molar-refractivity contribution in [2.24, 2.45) is 0 Å². The Bertz CT molecular complexity index is 846. The average Bonchev–Trinajstić information content (AvgIpc) is 2.60. The summed E-state index contributed by atoms with van der Waals surface area (Å²) in [5.41, 5.74) is -13.4. The summed E-state index contributed by atoms with van der Waals surface area (Å²) >= 11 is 0. The molecule has 0 bridgehead atoms. The van der Waals surface area contributed by atoms with Gasteiger partial charge < -0.3 is 0 Å². The van der Waals surface area contributed by atoms with Crippen LogP contribution in [-0.2, 0) is 5.67 Å². The first kappa shape index (κ1) is 21.8. The standard InChI is InChI=1S/C14F14/c15-3-1(4(16)8(20)11(23)7(3)19)13(25,14(26,27)28)2-5(17)9(21)12(24)10(22)6(2)18. The minimum absolute atomic E-state index is 3.07. The third-order valence-electron chi connectivity index (χ3n) is 3.50. The Hall–Kier alpha value is -2.54. The second-order valence-corrected chi connectivity index (χ2v) is 5.05. The first-order valence-electron chi connectivity index (χ1n) is 6.40. The van der Waals surface area contributed by atoms with E-state index in [0.29, 0.717) is 0 Å². The fourth-order valence-electron chi connectivity index (χ4n) is 2.22. The summed E-state index contributed by atoms with van der Waals surface area (Å²) in [7, 11) is 0. The van der Waals surface area contributed by atoms with Crippen LogP contribution in [0.1, 0.15) is 11.1 Å². The van der Waals surface area contributed by atoms with Gasteiger partial charge in [0.2, 0.25) is 11.6 Å². The topological polar surface area (TPSA) is 0 Å². The molecule has 14 heteroatoms. The molecule has 2 aromatic rings. The van der Waals surface area contributed by atoms with Gasteiger partial charge in [0, 0.05) is 0 Å². The zero-order valence-corrected chi connectivity index (χ0v) is 12.3. The fourth-order valence-corrected chi connectivity index (χ4v) is 2.22. The average molecular weight is 434 g/mol. The lowest BCUT2D eigenvalue weighted by Gasteiger charge is -2.30. The normalized spacial score (nSPS) is 12.6. The van der Waals surface area contributed by atoms with E-state index in [9.17, 15) is 61.5 Å². The predicted octanol–water partition coefficient (Wildman–Crippen LogP) is 5.85. The number of alkyl halides is 4. The Morgan fingerprint density at radius 1 is 0.321 bits per heavy atom. The van der Waals surface area contributed by atoms with E-state index in [4.69, 9.17) is 0 Å². The van der Waals surface area contributed by atoms with Crippen molar-refractivity contribution in [3.63, 3.8) is 0 Å². The highest BCUT2D eigenvalue weighted by Gasteiger charge is 2.65. The number of hydrogen-bond acceptors (Lipinski definition) is 0. The maximum atomic E-state index is 14.8. The number of halogens is 14. The van der Waals surface area contributed by atoms with E-state index < -0.39 is 81.1 Å². The van der Waals surface area contributed by atoms with E-state index in [0.717, 1.165) is 0 Å². The second-order valence-electron chi connectivity index (χ2n) is 5.05. The Morgan fingerprint density at radius 2 is 0.500 bits per heavy atom. The van der Waals surface area contributed by atoms with Crippen molar-refractivity contribution in [2.45, 2.75) is 11.8 Å². The molecule has 154 valence electrons. The molecule has 0 spiro atoms. The minimum Gasteiger partial charge on any atom is -0.223 e. The van der Waals surface area contributed by atoms with E-state index in [2.05, 4.69) is 0 Å². The molecule has 0 radical (unpaired) electrons. The van der Waals surface area contributed by atoms with Gasteiger partial charge in [-0.15, -0.1) is 0 Å². The monoisotopic (exact) mass is 434 g/mol. The van der Waals surface area contributed by atoms with Crippen LogP contribution in [0.4, 0.5) is 61.5 Å². The van der Waals surface area contributed by atoms with Crippen molar-refractivity contribution in [3.05, 3.63) is 69.3 Å². The maximum Gasteiger partial charge on any atom is 0.431 e. The lowest BCUT2D eigenvalue weighted by Crippen LogP contribution is -2.43. The third-order valence-corrected chi connectivity index (χ3v) is 3.50. The molecule has 0 amide bonds. The molecule has 0 N–H and O–H groups in total. The van der Waals surface area contributed by atoms with E-state index in [1.807, 2.05) is 0 Å². The first-order chi connectivity index (χ1) is 12.6. The first-order valence-corrected chi connectivity index (χ1v) is 6.40. The molecule has 2 rings (SSSR count). The van der Waals surface area contributed by atoms with Crippen LogP contribution in [0.15, 0.2) is 0 Å². The molecule has 0 aliphatic rings. The largest absolute Gasteiger partial charge is 0.431 e. The van der Waals surface area contributed by atoms with Gasteiger partial charge >= 0.3 is 6.18 Å². The van der Waals surface area contributed by atoms with E-state index in [1.165, 1.54) is 0 Å². The summed E-state index contributed by atoms with van der Waals surface area (Å²) in [4.78, 5) is 0. The van der Waals surface area contributed by atoms with Gasteiger partial charge in [0.1, 0.15) is 0 Å². The fraction of sp³-hybridized carbons (Fsp3) is 0.143. The van der Waals surface area contributed by atoms with Gasteiger partial charge in [-0.05, 0) is 0 Å². The maximum absolute atomic E-state index is 14.8.